The molecule has 2 saturated heterocycles. The Morgan fingerprint density at radius 3 is 2.71 bits per heavy atom. The number of halogens is 4. The zero-order valence-electron chi connectivity index (χ0n) is 17.6. The molecule has 1 aromatic carbocycles. The maximum atomic E-state index is 14.2. The van der Waals surface area contributed by atoms with Crippen LogP contribution in [0.1, 0.15) is 24.3 Å². The monoisotopic (exact) mass is 519 g/mol. The molecule has 0 spiro atoms. The van der Waals surface area contributed by atoms with Crippen molar-refractivity contribution >= 4 is 25.6 Å². The molecule has 0 radical (unpaired) electrons. The molecule has 0 aliphatic carbocycles. The van der Waals surface area contributed by atoms with Crippen molar-refractivity contribution in [1.82, 2.24) is 19.5 Å². The predicted molar refractivity (Wildman–Crippen MR) is 109 cm³/mol. The van der Waals surface area contributed by atoms with E-state index in [0.29, 0.717) is 6.07 Å². The molecule has 2 aliphatic rings. The summed E-state index contributed by atoms with van der Waals surface area (Å²) < 4.78 is 78.1. The summed E-state index contributed by atoms with van der Waals surface area (Å²) in [5.41, 5.74) is 5.82. The van der Waals surface area contributed by atoms with Crippen molar-refractivity contribution in [2.24, 2.45) is 0 Å². The number of fused-ring (bicyclic) bond motifs is 1. The first-order chi connectivity index (χ1) is 16.8. The van der Waals surface area contributed by atoms with E-state index in [1.807, 2.05) is 0 Å². The van der Waals surface area contributed by atoms with Gasteiger partial charge in [-0.05, 0) is 6.07 Å². The van der Waals surface area contributed by atoms with E-state index in [1.165, 1.54) is 17.2 Å². The molecule has 0 saturated carbocycles. The fraction of sp³-hybridized carbons (Fsp3) is 0.421. The van der Waals surface area contributed by atoms with Crippen LogP contribution in [-0.2, 0) is 18.3 Å². The zero-order chi connectivity index (χ0) is 24.9. The molecule has 0 amide bonds. The number of aliphatic hydroxyl groups excluding tert-OH is 2. The quantitative estimate of drug-likeness (QED) is 0.198. The van der Waals surface area contributed by atoms with Crippen LogP contribution < -0.4 is 5.73 Å². The van der Waals surface area contributed by atoms with Crippen molar-refractivity contribution in [3.8, 4) is 0 Å². The summed E-state index contributed by atoms with van der Waals surface area (Å²) in [4.78, 5) is 12.0. The second kappa shape index (κ2) is 9.50. The number of nitrogen functional groups attached to an aromatic ring is 1. The Morgan fingerprint density at radius 2 is 1.91 bits per heavy atom. The smallest absolute Gasteiger partial charge is 0.333 e. The highest BCUT2D eigenvalue weighted by Crippen LogP contribution is 2.50. The van der Waals surface area contributed by atoms with Gasteiger partial charge >= 0.3 is 8.60 Å². The van der Waals surface area contributed by atoms with Crippen LogP contribution >= 0.6 is 8.60 Å². The molecule has 2 fully saturated rings. The molecule has 11 nitrogen and oxygen atoms in total. The van der Waals surface area contributed by atoms with Gasteiger partial charge in [-0.1, -0.05) is 0 Å². The number of nitrogens with zero attached hydrogens (tertiary/aromatic N) is 4. The maximum Gasteiger partial charge on any atom is 0.333 e. The van der Waals surface area contributed by atoms with E-state index in [2.05, 4.69) is 15.0 Å². The topological polar surface area (TPSA) is 147 Å². The van der Waals surface area contributed by atoms with E-state index in [0.717, 1.165) is 0 Å². The molecule has 3 aromatic rings. The summed E-state index contributed by atoms with van der Waals surface area (Å²) in [6, 6.07) is 0.522. The first kappa shape index (κ1) is 24.2. The Balaban J connectivity index is 1.25. The second-order valence-electron chi connectivity index (χ2n) is 7.75. The molecule has 2 aliphatic heterocycles. The Hall–Kier alpha value is -2.52. The molecule has 2 unspecified atom stereocenters. The number of hydrogen-bond acceptors (Lipinski definition) is 10. The van der Waals surface area contributed by atoms with Gasteiger partial charge in [0, 0.05) is 12.0 Å². The molecule has 4 N–H and O–H groups in total. The molecule has 4 heterocycles. The molecule has 5 rings (SSSR count). The lowest BCUT2D eigenvalue weighted by Gasteiger charge is -2.29. The molecule has 188 valence electrons. The van der Waals surface area contributed by atoms with Gasteiger partial charge in [-0.3, -0.25) is 4.57 Å². The van der Waals surface area contributed by atoms with E-state index in [1.54, 1.807) is 0 Å². The van der Waals surface area contributed by atoms with Crippen LogP contribution in [0.2, 0.25) is 0 Å². The molecule has 2 aromatic heterocycles. The van der Waals surface area contributed by atoms with Crippen LogP contribution in [0.3, 0.4) is 0 Å². The van der Waals surface area contributed by atoms with Gasteiger partial charge in [-0.25, -0.2) is 32.5 Å². The van der Waals surface area contributed by atoms with Gasteiger partial charge in [-0.2, -0.15) is 0 Å². The average Bonchev–Trinajstić information content (AvgIpc) is 3.41. The fourth-order valence-electron chi connectivity index (χ4n) is 3.81. The van der Waals surface area contributed by atoms with Crippen LogP contribution in [0.15, 0.2) is 18.7 Å². The summed E-state index contributed by atoms with van der Waals surface area (Å²) >= 11 is 0. The fourth-order valence-corrected chi connectivity index (χ4v) is 4.96. The normalized spacial score (nSPS) is 29.2. The van der Waals surface area contributed by atoms with Gasteiger partial charge in [-0.15, -0.1) is 0 Å². The van der Waals surface area contributed by atoms with Crippen molar-refractivity contribution in [3.63, 3.8) is 0 Å². The highest BCUT2D eigenvalue weighted by molar-refractivity contribution is 7.41. The first-order valence-electron chi connectivity index (χ1n) is 10.3. The number of benzene rings is 1. The highest BCUT2D eigenvalue weighted by atomic mass is 31.2. The van der Waals surface area contributed by atoms with Gasteiger partial charge in [0.05, 0.1) is 25.6 Å². The molecule has 35 heavy (non-hydrogen) atoms. The number of nitrogens with two attached hydrogens (primary N) is 1. The predicted octanol–water partition coefficient (Wildman–Crippen LogP) is 2.01. The maximum absolute atomic E-state index is 14.2. The van der Waals surface area contributed by atoms with Crippen LogP contribution in [-0.4, -0.2) is 61.3 Å². The Kier molecular flexibility index (Phi) is 6.57. The minimum atomic E-state index is -2.15. The van der Waals surface area contributed by atoms with Crippen molar-refractivity contribution in [1.29, 1.82) is 0 Å². The zero-order valence-corrected chi connectivity index (χ0v) is 18.5. The van der Waals surface area contributed by atoms with E-state index in [9.17, 15) is 27.8 Å². The Morgan fingerprint density at radius 1 is 1.11 bits per heavy atom. The molecule has 6 atom stereocenters. The van der Waals surface area contributed by atoms with Crippen LogP contribution in [0.25, 0.3) is 11.2 Å². The summed E-state index contributed by atoms with van der Waals surface area (Å²) in [6.45, 7) is -0.316. The number of ether oxygens (including phenoxy) is 1. The average molecular weight is 519 g/mol. The van der Waals surface area contributed by atoms with Gasteiger partial charge < -0.3 is 34.3 Å². The summed E-state index contributed by atoms with van der Waals surface area (Å²) in [5, 5.41) is 21.0. The minimum absolute atomic E-state index is 0.00208. The van der Waals surface area contributed by atoms with Crippen LogP contribution in [0.4, 0.5) is 23.4 Å². The summed E-state index contributed by atoms with van der Waals surface area (Å²) in [5.74, 6) is -6.86. The van der Waals surface area contributed by atoms with E-state index in [-0.39, 0.29) is 36.6 Å². The SMILES string of the molecule is Nc1ncnc2c1ncn2[C@@H]1O[C@H](COP2OCCC(c3cc(F)c(F)c(F)c3F)O2)[C@@H](O)[C@H]1O. The third-order valence-corrected chi connectivity index (χ3v) is 6.79. The van der Waals surface area contributed by atoms with Crippen LogP contribution in [0, 0.1) is 23.3 Å². The number of aliphatic hydroxyl groups is 2. The third kappa shape index (κ3) is 4.33. The Labute approximate surface area is 195 Å². The summed E-state index contributed by atoms with van der Waals surface area (Å²) in [7, 11) is -2.15. The number of hydrogen-bond donors (Lipinski definition) is 3. The number of aromatic nitrogens is 4. The van der Waals surface area contributed by atoms with Crippen molar-refractivity contribution in [2.75, 3.05) is 18.9 Å². The molecule has 0 bridgehead atoms. The van der Waals surface area contributed by atoms with Gasteiger partial charge in [0.1, 0.15) is 30.2 Å². The van der Waals surface area contributed by atoms with Crippen molar-refractivity contribution in [3.05, 3.63) is 47.6 Å². The molecular formula is C19H18F4N5O6P. The van der Waals surface area contributed by atoms with E-state index in [4.69, 9.17) is 24.0 Å². The second-order valence-corrected chi connectivity index (χ2v) is 8.93. The van der Waals surface area contributed by atoms with Crippen LogP contribution in [0.5, 0.6) is 0 Å². The number of anilines is 1. The lowest BCUT2D eigenvalue weighted by molar-refractivity contribution is -0.0530. The van der Waals surface area contributed by atoms with Crippen molar-refractivity contribution < 1.29 is 46.1 Å². The van der Waals surface area contributed by atoms with Crippen molar-refractivity contribution in [2.45, 2.75) is 37.1 Å². The summed E-state index contributed by atoms with van der Waals surface area (Å²) in [6.07, 6.45) is -3.47. The minimum Gasteiger partial charge on any atom is -0.387 e. The molecular weight excluding hydrogens is 501 g/mol. The van der Waals surface area contributed by atoms with E-state index < -0.39 is 68.1 Å². The lowest BCUT2D eigenvalue weighted by atomic mass is 10.1. The highest BCUT2D eigenvalue weighted by Gasteiger charge is 2.45. The first-order valence-corrected chi connectivity index (χ1v) is 11.4. The standard InChI is InChI=1S/C19H18F4N5O6P/c20-8-3-7(11(21)13(23)12(8)22)9-1-2-31-35(34-9)32-4-10-15(29)16(30)19(33-10)28-6-27-14-17(24)25-5-26-18(14)28/h3,5-6,9-10,15-16,19,29-30H,1-2,4H2,(H2,24,25,26)/t9?,10-,15-,16-,19-,35?/m1/s1. The van der Waals surface area contributed by atoms with Gasteiger partial charge in [0.2, 0.25) is 0 Å². The lowest BCUT2D eigenvalue weighted by Crippen LogP contribution is -2.33. The number of imidazole rings is 1. The van der Waals surface area contributed by atoms with E-state index >= 15 is 0 Å². The third-order valence-electron chi connectivity index (χ3n) is 5.61. The van der Waals surface area contributed by atoms with Gasteiger partial charge in [0.25, 0.3) is 0 Å². The largest absolute Gasteiger partial charge is 0.387 e. The number of rotatable bonds is 5. The van der Waals surface area contributed by atoms with Gasteiger partial charge in [0.15, 0.2) is 41.0 Å². The Bertz CT molecular complexity index is 1250. The molecule has 16 heteroatoms.